The third kappa shape index (κ3) is 1.44. The molecule has 0 fully saturated rings. The maximum atomic E-state index is 11.6. The van der Waals surface area contributed by atoms with Crippen LogP contribution in [0.2, 0.25) is 0 Å². The summed E-state index contributed by atoms with van der Waals surface area (Å²) in [5.41, 5.74) is 1.94. The van der Waals surface area contributed by atoms with E-state index in [1.165, 1.54) is 12.4 Å². The monoisotopic (exact) mass is 135 g/mol. The Morgan fingerprint density at radius 2 is 2.10 bits per heavy atom. The molecule has 0 bridgehead atoms. The fourth-order valence-corrected chi connectivity index (χ4v) is 0.808. The Morgan fingerprint density at radius 1 is 1.40 bits per heavy atom. The van der Waals surface area contributed by atoms with Gasteiger partial charge >= 0.3 is 0 Å². The fourth-order valence-electron chi connectivity index (χ4n) is 0.808. The Kier molecular flexibility index (Phi) is 2.21. The highest BCUT2D eigenvalue weighted by Gasteiger charge is 1.89. The molecule has 0 spiro atoms. The minimum absolute atomic E-state index is 0.880. The number of aryl methyl sites for hydroxylation is 1. The number of benzene rings is 1. The fraction of sp³-hybridized carbons (Fsp3) is 0.111. The molecule has 1 aromatic rings. The molecular formula is C9H8F. The van der Waals surface area contributed by atoms with E-state index in [0.29, 0.717) is 0 Å². The molecule has 0 unspecified atom stereocenters. The van der Waals surface area contributed by atoms with E-state index in [4.69, 9.17) is 0 Å². The molecule has 0 aromatic heterocycles. The van der Waals surface area contributed by atoms with Crippen molar-refractivity contribution >= 4 is 6.08 Å². The average molecular weight is 135 g/mol. The van der Waals surface area contributed by atoms with Crippen LogP contribution in [0.15, 0.2) is 24.3 Å². The van der Waals surface area contributed by atoms with Gasteiger partial charge in [-0.1, -0.05) is 24.3 Å². The van der Waals surface area contributed by atoms with Gasteiger partial charge < -0.3 is 0 Å². The molecule has 0 aliphatic carbocycles. The number of hydrogen-bond donors (Lipinski definition) is 0. The van der Waals surface area contributed by atoms with Crippen LogP contribution in [-0.2, 0) is 0 Å². The van der Waals surface area contributed by atoms with Crippen molar-refractivity contribution in [3.05, 3.63) is 41.7 Å². The second-order valence-corrected chi connectivity index (χ2v) is 2.11. The molecule has 0 atom stereocenters. The van der Waals surface area contributed by atoms with Crippen LogP contribution in [0.5, 0.6) is 0 Å². The molecule has 0 heterocycles. The molecule has 1 rings (SSSR count). The summed E-state index contributed by atoms with van der Waals surface area (Å²) in [6, 6.07) is 7.58. The minimum atomic E-state index is 0.880. The van der Waals surface area contributed by atoms with Crippen LogP contribution in [0.4, 0.5) is 4.39 Å². The molecule has 51 valence electrons. The zero-order valence-corrected chi connectivity index (χ0v) is 5.76. The van der Waals surface area contributed by atoms with E-state index in [1.807, 2.05) is 31.2 Å². The van der Waals surface area contributed by atoms with Gasteiger partial charge in [0, 0.05) is 0 Å². The highest BCUT2D eigenvalue weighted by atomic mass is 19.1. The molecule has 0 nitrogen and oxygen atoms in total. The normalized spacial score (nSPS) is 10.6. The molecule has 0 saturated heterocycles. The lowest BCUT2D eigenvalue weighted by atomic mass is 10.1. The van der Waals surface area contributed by atoms with Gasteiger partial charge in [0.25, 0.3) is 0 Å². The third-order valence-corrected chi connectivity index (χ3v) is 1.40. The van der Waals surface area contributed by atoms with Crippen molar-refractivity contribution < 1.29 is 4.39 Å². The summed E-state index contributed by atoms with van der Waals surface area (Å²) in [6.07, 6.45) is 2.83. The van der Waals surface area contributed by atoms with Gasteiger partial charge in [0.2, 0.25) is 0 Å². The van der Waals surface area contributed by atoms with E-state index in [2.05, 4.69) is 0 Å². The summed E-state index contributed by atoms with van der Waals surface area (Å²) in [7, 11) is 0. The Labute approximate surface area is 60.0 Å². The van der Waals surface area contributed by atoms with Gasteiger partial charge in [-0.15, -0.1) is 0 Å². The molecule has 1 aromatic carbocycles. The smallest absolute Gasteiger partial charge is 0.159 e. The predicted molar refractivity (Wildman–Crippen MR) is 40.0 cm³/mol. The Balaban J connectivity index is 3.03. The topological polar surface area (TPSA) is 0 Å². The van der Waals surface area contributed by atoms with Crippen molar-refractivity contribution in [1.82, 2.24) is 0 Å². The summed E-state index contributed by atoms with van der Waals surface area (Å²) in [5.74, 6) is 0. The van der Waals surface area contributed by atoms with Crippen LogP contribution < -0.4 is 0 Å². The van der Waals surface area contributed by atoms with E-state index >= 15 is 0 Å². The summed E-state index contributed by atoms with van der Waals surface area (Å²) >= 11 is 0. The Hall–Kier alpha value is -1.11. The largest absolute Gasteiger partial charge is 0.204 e. The van der Waals surface area contributed by atoms with Crippen molar-refractivity contribution in [2.75, 3.05) is 0 Å². The Bertz CT molecular complexity index is 238. The molecule has 10 heavy (non-hydrogen) atoms. The van der Waals surface area contributed by atoms with E-state index in [-0.39, 0.29) is 0 Å². The molecule has 0 amide bonds. The zero-order valence-electron chi connectivity index (χ0n) is 5.76. The van der Waals surface area contributed by atoms with Gasteiger partial charge in [0.1, 0.15) is 0 Å². The van der Waals surface area contributed by atoms with Crippen LogP contribution in [0.3, 0.4) is 0 Å². The van der Waals surface area contributed by atoms with Crippen LogP contribution in [-0.4, -0.2) is 0 Å². The second kappa shape index (κ2) is 3.16. The van der Waals surface area contributed by atoms with Crippen LogP contribution in [0.25, 0.3) is 6.08 Å². The summed E-state index contributed by atoms with van der Waals surface area (Å²) in [6.45, 7) is 1.93. The standard InChI is InChI=1S/C9H8F/c1-8-4-2-3-5-9(8)6-7-10/h2-6H,1H3. The van der Waals surface area contributed by atoms with Crippen LogP contribution >= 0.6 is 0 Å². The van der Waals surface area contributed by atoms with Gasteiger partial charge in [-0.25, -0.2) is 4.39 Å². The average Bonchev–Trinajstić information content (AvgIpc) is 1.94. The highest BCUT2D eigenvalue weighted by Crippen LogP contribution is 2.07. The van der Waals surface area contributed by atoms with Gasteiger partial charge in [-0.05, 0) is 24.1 Å². The molecule has 0 saturated carbocycles. The SMILES string of the molecule is Cc1ccccc1/C=[C]\F. The first-order valence-corrected chi connectivity index (χ1v) is 3.09. The zero-order chi connectivity index (χ0) is 7.40. The lowest BCUT2D eigenvalue weighted by Crippen LogP contribution is -1.76. The molecule has 0 aliphatic heterocycles. The van der Waals surface area contributed by atoms with E-state index in [0.717, 1.165) is 11.1 Å². The molecule has 1 heteroatoms. The van der Waals surface area contributed by atoms with Crippen molar-refractivity contribution in [3.8, 4) is 0 Å². The molecular weight excluding hydrogens is 127 g/mol. The van der Waals surface area contributed by atoms with E-state index < -0.39 is 0 Å². The van der Waals surface area contributed by atoms with Gasteiger partial charge in [-0.3, -0.25) is 0 Å². The molecule has 0 N–H and O–H groups in total. The summed E-state index contributed by atoms with van der Waals surface area (Å²) in [5, 5.41) is 0. The predicted octanol–water partition coefficient (Wildman–Crippen LogP) is 2.74. The van der Waals surface area contributed by atoms with E-state index in [1.54, 1.807) is 0 Å². The second-order valence-electron chi connectivity index (χ2n) is 2.11. The lowest BCUT2D eigenvalue weighted by Gasteiger charge is -1.95. The molecule has 0 aliphatic rings. The lowest BCUT2D eigenvalue weighted by molar-refractivity contribution is 0.690. The van der Waals surface area contributed by atoms with Crippen molar-refractivity contribution in [1.29, 1.82) is 0 Å². The quantitative estimate of drug-likeness (QED) is 0.555. The first-order chi connectivity index (χ1) is 4.84. The maximum absolute atomic E-state index is 11.6. The first kappa shape index (κ1) is 7.00. The van der Waals surface area contributed by atoms with Crippen LogP contribution in [0.1, 0.15) is 11.1 Å². The van der Waals surface area contributed by atoms with Crippen molar-refractivity contribution in [2.24, 2.45) is 0 Å². The maximum Gasteiger partial charge on any atom is 0.159 e. The van der Waals surface area contributed by atoms with Crippen LogP contribution in [0, 0.1) is 13.3 Å². The number of halogens is 1. The minimum Gasteiger partial charge on any atom is -0.204 e. The van der Waals surface area contributed by atoms with Gasteiger partial charge in [-0.2, -0.15) is 0 Å². The summed E-state index contributed by atoms with van der Waals surface area (Å²) < 4.78 is 11.6. The molecule has 1 radical (unpaired) electrons. The van der Waals surface area contributed by atoms with Gasteiger partial charge in [0.15, 0.2) is 6.33 Å². The number of hydrogen-bond acceptors (Lipinski definition) is 0. The van der Waals surface area contributed by atoms with E-state index in [9.17, 15) is 4.39 Å². The number of rotatable bonds is 1. The Morgan fingerprint density at radius 3 is 2.70 bits per heavy atom. The van der Waals surface area contributed by atoms with Crippen molar-refractivity contribution in [2.45, 2.75) is 6.92 Å². The third-order valence-electron chi connectivity index (χ3n) is 1.40. The summed E-state index contributed by atoms with van der Waals surface area (Å²) in [4.78, 5) is 0. The van der Waals surface area contributed by atoms with Gasteiger partial charge in [0.05, 0.1) is 0 Å². The highest BCUT2D eigenvalue weighted by molar-refractivity contribution is 5.50. The first-order valence-electron chi connectivity index (χ1n) is 3.09. The van der Waals surface area contributed by atoms with Crippen molar-refractivity contribution in [3.63, 3.8) is 0 Å².